The van der Waals surface area contributed by atoms with Gasteiger partial charge in [0, 0.05) is 24.2 Å². The topological polar surface area (TPSA) is 58.4 Å². The third-order valence-corrected chi connectivity index (χ3v) is 5.60. The van der Waals surface area contributed by atoms with Gasteiger partial charge in [0.1, 0.15) is 23.2 Å². The number of benzene rings is 2. The fourth-order valence-corrected chi connectivity index (χ4v) is 4.01. The minimum Gasteiger partial charge on any atom is -0.506 e. The zero-order valence-electron chi connectivity index (χ0n) is 15.5. The van der Waals surface area contributed by atoms with Crippen LogP contribution in [0.4, 0.5) is 8.78 Å². The Morgan fingerprint density at radius 3 is 2.60 bits per heavy atom. The predicted molar refractivity (Wildman–Crippen MR) is 110 cm³/mol. The number of aromatic hydroxyl groups is 1. The lowest BCUT2D eigenvalue weighted by atomic mass is 10.0. The second kappa shape index (κ2) is 7.74. The number of phenolic OH excluding ortho intramolecular Hbond substituents is 1. The van der Waals surface area contributed by atoms with Gasteiger partial charge in [-0.15, -0.1) is 0 Å². The molecule has 1 aliphatic heterocycles. The summed E-state index contributed by atoms with van der Waals surface area (Å²) in [6.45, 7) is 4.77. The SMILES string of the molecule is C=CC(=O)N1CCn2c(cnc2-c2cc(F)c(-c3c(F)ccc(Cl)c3O)c(Cl)c2)C1. The third-order valence-electron chi connectivity index (χ3n) is 5.00. The number of aromatic nitrogens is 2. The molecule has 0 unspecified atom stereocenters. The largest absolute Gasteiger partial charge is 0.506 e. The highest BCUT2D eigenvalue weighted by Gasteiger charge is 2.25. The van der Waals surface area contributed by atoms with Crippen molar-refractivity contribution in [2.24, 2.45) is 0 Å². The predicted octanol–water partition coefficient (Wildman–Crippen LogP) is 5.04. The average Bonchev–Trinajstić information content (AvgIpc) is 3.15. The number of hydrogen-bond acceptors (Lipinski definition) is 3. The van der Waals surface area contributed by atoms with Crippen molar-refractivity contribution in [2.75, 3.05) is 6.54 Å². The first-order valence-electron chi connectivity index (χ1n) is 8.94. The van der Waals surface area contributed by atoms with Crippen LogP contribution in [0.15, 0.2) is 43.1 Å². The van der Waals surface area contributed by atoms with Crippen molar-refractivity contribution in [1.29, 1.82) is 0 Å². The number of fused-ring (bicyclic) bond motifs is 1. The van der Waals surface area contributed by atoms with Crippen LogP contribution in [-0.4, -0.2) is 32.0 Å². The van der Waals surface area contributed by atoms with Gasteiger partial charge in [0.2, 0.25) is 5.91 Å². The van der Waals surface area contributed by atoms with Crippen LogP contribution in [-0.2, 0) is 17.9 Å². The molecule has 1 N–H and O–H groups in total. The highest BCUT2D eigenvalue weighted by molar-refractivity contribution is 6.35. The number of carbonyl (C=O) groups is 1. The van der Waals surface area contributed by atoms with Gasteiger partial charge in [-0.3, -0.25) is 4.79 Å². The maximum Gasteiger partial charge on any atom is 0.246 e. The van der Waals surface area contributed by atoms with E-state index in [1.165, 1.54) is 24.3 Å². The summed E-state index contributed by atoms with van der Waals surface area (Å²) in [6.07, 6.45) is 2.87. The number of amides is 1. The molecule has 1 amide bonds. The monoisotopic (exact) mass is 449 g/mol. The Balaban J connectivity index is 1.77. The number of hydrogen-bond donors (Lipinski definition) is 1. The minimum atomic E-state index is -0.851. The Hall–Kier alpha value is -2.90. The van der Waals surface area contributed by atoms with Gasteiger partial charge in [0.15, 0.2) is 0 Å². The van der Waals surface area contributed by atoms with Gasteiger partial charge in [0.25, 0.3) is 0 Å². The molecule has 0 atom stereocenters. The highest BCUT2D eigenvalue weighted by atomic mass is 35.5. The van der Waals surface area contributed by atoms with Gasteiger partial charge < -0.3 is 14.6 Å². The lowest BCUT2D eigenvalue weighted by molar-refractivity contribution is -0.127. The number of carbonyl (C=O) groups excluding carboxylic acids is 1. The molecule has 1 aliphatic rings. The molecule has 9 heteroatoms. The fraction of sp³-hybridized carbons (Fsp3) is 0.143. The zero-order chi connectivity index (χ0) is 21.6. The van der Waals surface area contributed by atoms with Crippen molar-refractivity contribution < 1.29 is 18.7 Å². The first kappa shape index (κ1) is 20.4. The lowest BCUT2D eigenvalue weighted by Gasteiger charge is -2.28. The van der Waals surface area contributed by atoms with E-state index in [0.717, 1.165) is 11.8 Å². The molecule has 0 saturated carbocycles. The molecule has 3 aromatic rings. The zero-order valence-corrected chi connectivity index (χ0v) is 17.0. The summed E-state index contributed by atoms with van der Waals surface area (Å²) in [5, 5.41) is 9.91. The van der Waals surface area contributed by atoms with Crippen molar-refractivity contribution in [2.45, 2.75) is 13.1 Å². The molecule has 0 saturated heterocycles. The number of nitrogens with zero attached hydrogens (tertiary/aromatic N) is 3. The van der Waals surface area contributed by atoms with Crippen LogP contribution in [0.3, 0.4) is 0 Å². The van der Waals surface area contributed by atoms with E-state index >= 15 is 4.39 Å². The number of phenols is 1. The molecule has 0 aliphatic carbocycles. The highest BCUT2D eigenvalue weighted by Crippen LogP contribution is 2.43. The molecular weight excluding hydrogens is 435 g/mol. The second-order valence-electron chi connectivity index (χ2n) is 6.76. The van der Waals surface area contributed by atoms with Crippen LogP contribution in [0.25, 0.3) is 22.5 Å². The number of imidazole rings is 1. The Kier molecular flexibility index (Phi) is 5.26. The Labute approximate surface area is 180 Å². The molecule has 2 aromatic carbocycles. The van der Waals surface area contributed by atoms with E-state index in [9.17, 15) is 14.3 Å². The van der Waals surface area contributed by atoms with Crippen molar-refractivity contribution in [3.05, 3.63) is 70.5 Å². The smallest absolute Gasteiger partial charge is 0.246 e. The van der Waals surface area contributed by atoms with Gasteiger partial charge in [-0.2, -0.15) is 0 Å². The number of rotatable bonds is 3. The first-order valence-corrected chi connectivity index (χ1v) is 9.70. The number of halogens is 4. The molecule has 2 heterocycles. The van der Waals surface area contributed by atoms with Crippen molar-refractivity contribution >= 4 is 29.1 Å². The molecular formula is C21H15Cl2F2N3O2. The summed E-state index contributed by atoms with van der Waals surface area (Å²) in [7, 11) is 0. The minimum absolute atomic E-state index is 0.0990. The molecule has 1 aromatic heterocycles. The maximum absolute atomic E-state index is 15.0. The van der Waals surface area contributed by atoms with E-state index in [1.54, 1.807) is 11.1 Å². The van der Waals surface area contributed by atoms with Gasteiger partial charge in [-0.1, -0.05) is 29.8 Å². The van der Waals surface area contributed by atoms with Gasteiger partial charge >= 0.3 is 0 Å². The molecule has 4 rings (SSSR count). The van der Waals surface area contributed by atoms with Crippen LogP contribution in [0, 0.1) is 11.6 Å². The summed E-state index contributed by atoms with van der Waals surface area (Å²) < 4.78 is 31.2. The summed E-state index contributed by atoms with van der Waals surface area (Å²) >= 11 is 12.1. The molecule has 0 spiro atoms. The summed E-state index contributed by atoms with van der Waals surface area (Å²) in [6, 6.07) is 4.84. The van der Waals surface area contributed by atoms with Crippen LogP contribution in [0.2, 0.25) is 10.0 Å². The van der Waals surface area contributed by atoms with E-state index in [2.05, 4.69) is 11.6 Å². The van der Waals surface area contributed by atoms with Gasteiger partial charge in [-0.25, -0.2) is 13.8 Å². The van der Waals surface area contributed by atoms with Gasteiger partial charge in [-0.05, 0) is 30.3 Å². The molecule has 5 nitrogen and oxygen atoms in total. The fourth-order valence-electron chi connectivity index (χ4n) is 3.55. The van der Waals surface area contributed by atoms with Crippen molar-refractivity contribution in [3.63, 3.8) is 0 Å². The molecule has 154 valence electrons. The normalized spacial score (nSPS) is 13.3. The Morgan fingerprint density at radius 1 is 1.13 bits per heavy atom. The van der Waals surface area contributed by atoms with Crippen LogP contribution < -0.4 is 0 Å². The van der Waals surface area contributed by atoms with E-state index < -0.39 is 22.9 Å². The van der Waals surface area contributed by atoms with E-state index in [0.29, 0.717) is 31.0 Å². The summed E-state index contributed by atoms with van der Waals surface area (Å²) in [4.78, 5) is 17.8. The summed E-state index contributed by atoms with van der Waals surface area (Å²) in [5.41, 5.74) is 0.481. The average molecular weight is 450 g/mol. The lowest BCUT2D eigenvalue weighted by Crippen LogP contribution is -2.37. The standard InChI is InChI=1S/C21H15Cl2F2N3O2/c1-2-17(29)27-5-6-28-12(10-27)9-26-21(28)11-7-14(23)18(16(25)8-11)19-15(24)4-3-13(22)20(19)30/h2-4,7-9,30H,1,5-6,10H2. The van der Waals surface area contributed by atoms with Crippen LogP contribution in [0.1, 0.15) is 5.69 Å². The van der Waals surface area contributed by atoms with Gasteiger partial charge in [0.05, 0.1) is 34.0 Å². The van der Waals surface area contributed by atoms with E-state index in [-0.39, 0.29) is 21.5 Å². The van der Waals surface area contributed by atoms with Crippen LogP contribution >= 0.6 is 23.2 Å². The maximum atomic E-state index is 15.0. The first-order chi connectivity index (χ1) is 14.3. The second-order valence-corrected chi connectivity index (χ2v) is 7.57. The quantitative estimate of drug-likeness (QED) is 0.570. The van der Waals surface area contributed by atoms with E-state index in [4.69, 9.17) is 23.2 Å². The molecule has 0 fully saturated rings. The van der Waals surface area contributed by atoms with Crippen LogP contribution in [0.5, 0.6) is 5.75 Å². The molecule has 30 heavy (non-hydrogen) atoms. The Morgan fingerprint density at radius 2 is 1.90 bits per heavy atom. The third kappa shape index (κ3) is 3.34. The molecule has 0 bridgehead atoms. The molecule has 0 radical (unpaired) electrons. The van der Waals surface area contributed by atoms with Crippen molar-refractivity contribution in [3.8, 4) is 28.3 Å². The van der Waals surface area contributed by atoms with E-state index in [1.807, 2.05) is 4.57 Å². The van der Waals surface area contributed by atoms with Crippen molar-refractivity contribution in [1.82, 2.24) is 14.5 Å². The summed E-state index contributed by atoms with van der Waals surface area (Å²) in [5.74, 6) is -1.97. The Bertz CT molecular complexity index is 1170.